The quantitative estimate of drug-likeness (QED) is 0.127. The Balaban J connectivity index is 0.935. The maximum Gasteiger partial charge on any atom is 0.0546 e. The maximum atomic E-state index is 2.42. The van der Waals surface area contributed by atoms with Crippen molar-refractivity contribution in [1.82, 2.24) is 0 Å². The predicted molar refractivity (Wildman–Crippen MR) is 328 cm³/mol. The van der Waals surface area contributed by atoms with Crippen molar-refractivity contribution in [3.63, 3.8) is 0 Å². The number of anilines is 6. The molecule has 0 bridgehead atoms. The highest BCUT2D eigenvalue weighted by Gasteiger charge is 2.37. The SMILES string of the molecule is Cc1ccccc1-c1cc2ccccc2cc1N(c1ccccc1)c1ccc(-c2cc(-c3ccccc3)c(-c3ccc(N(c4ccccc4)c4ccc5c(c4)C(C)(C)c4cccc(C)c4-5)cc3)cc2-c2ccccc2)cc1. The molecule has 1 aliphatic rings. The van der Waals surface area contributed by atoms with E-state index in [1.807, 2.05) is 0 Å². The Hall–Kier alpha value is -9.50. The van der Waals surface area contributed by atoms with Crippen LogP contribution >= 0.6 is 0 Å². The lowest BCUT2D eigenvalue weighted by atomic mass is 9.82. The van der Waals surface area contributed by atoms with Crippen molar-refractivity contribution >= 4 is 44.9 Å². The zero-order valence-electron chi connectivity index (χ0n) is 44.0. The van der Waals surface area contributed by atoms with E-state index < -0.39 is 0 Å². The first-order chi connectivity index (χ1) is 37.8. The number of benzene rings is 12. The summed E-state index contributed by atoms with van der Waals surface area (Å²) < 4.78 is 0. The third-order valence-corrected chi connectivity index (χ3v) is 15.9. The van der Waals surface area contributed by atoms with Gasteiger partial charge in [-0.1, -0.05) is 208 Å². The van der Waals surface area contributed by atoms with Gasteiger partial charge in [-0.15, -0.1) is 0 Å². The first kappa shape index (κ1) is 47.2. The van der Waals surface area contributed by atoms with Crippen LogP contribution in [0.2, 0.25) is 0 Å². The fourth-order valence-electron chi connectivity index (χ4n) is 12.0. The molecule has 77 heavy (non-hydrogen) atoms. The van der Waals surface area contributed by atoms with Gasteiger partial charge in [-0.05, 0) is 193 Å². The molecule has 0 aliphatic heterocycles. The van der Waals surface area contributed by atoms with E-state index in [1.165, 1.54) is 88.7 Å². The lowest BCUT2D eigenvalue weighted by Crippen LogP contribution is -2.16. The minimum atomic E-state index is -0.121. The van der Waals surface area contributed by atoms with Crippen molar-refractivity contribution in [3.8, 4) is 66.8 Å². The molecule has 0 heterocycles. The monoisotopic (exact) mass is 986 g/mol. The summed E-state index contributed by atoms with van der Waals surface area (Å²) in [5, 5.41) is 2.42. The van der Waals surface area contributed by atoms with Crippen LogP contribution in [0.3, 0.4) is 0 Å². The lowest BCUT2D eigenvalue weighted by Gasteiger charge is -2.29. The molecule has 1 aliphatic carbocycles. The Bertz CT molecular complexity index is 4110. The summed E-state index contributed by atoms with van der Waals surface area (Å²) in [5.41, 5.74) is 26.3. The van der Waals surface area contributed by atoms with Crippen LogP contribution in [0, 0.1) is 13.8 Å². The van der Waals surface area contributed by atoms with Crippen LogP contribution in [0.5, 0.6) is 0 Å². The van der Waals surface area contributed by atoms with Crippen molar-refractivity contribution in [2.75, 3.05) is 9.80 Å². The molecule has 0 radical (unpaired) electrons. The molecular formula is C75H58N2. The minimum Gasteiger partial charge on any atom is -0.310 e. The first-order valence-electron chi connectivity index (χ1n) is 26.8. The molecule has 0 saturated heterocycles. The third-order valence-electron chi connectivity index (χ3n) is 15.9. The highest BCUT2D eigenvalue weighted by Crippen LogP contribution is 2.52. The van der Waals surface area contributed by atoms with Gasteiger partial charge in [-0.2, -0.15) is 0 Å². The summed E-state index contributed by atoms with van der Waals surface area (Å²) in [7, 11) is 0. The van der Waals surface area contributed by atoms with Gasteiger partial charge in [0, 0.05) is 39.4 Å². The van der Waals surface area contributed by atoms with E-state index in [4.69, 9.17) is 0 Å². The van der Waals surface area contributed by atoms with E-state index >= 15 is 0 Å². The molecule has 2 heteroatoms. The number of rotatable bonds is 11. The Labute approximate surface area is 453 Å². The van der Waals surface area contributed by atoms with E-state index in [1.54, 1.807) is 0 Å². The second kappa shape index (κ2) is 19.6. The summed E-state index contributed by atoms with van der Waals surface area (Å²) in [4.78, 5) is 4.82. The Morgan fingerprint density at radius 3 is 1.25 bits per heavy atom. The molecule has 0 fully saturated rings. The van der Waals surface area contributed by atoms with Gasteiger partial charge in [0.15, 0.2) is 0 Å². The van der Waals surface area contributed by atoms with Crippen molar-refractivity contribution in [3.05, 3.63) is 301 Å². The van der Waals surface area contributed by atoms with Gasteiger partial charge in [0.2, 0.25) is 0 Å². The first-order valence-corrected chi connectivity index (χ1v) is 26.8. The van der Waals surface area contributed by atoms with Crippen LogP contribution in [-0.4, -0.2) is 0 Å². The number of fused-ring (bicyclic) bond motifs is 4. The number of para-hydroxylation sites is 2. The highest BCUT2D eigenvalue weighted by atomic mass is 15.1. The van der Waals surface area contributed by atoms with E-state index in [0.717, 1.165) is 45.3 Å². The van der Waals surface area contributed by atoms with Crippen molar-refractivity contribution in [2.24, 2.45) is 0 Å². The number of nitrogens with zero attached hydrogens (tertiary/aromatic N) is 2. The Kier molecular flexibility index (Phi) is 12.1. The summed E-state index contributed by atoms with van der Waals surface area (Å²) in [5.74, 6) is 0. The number of aryl methyl sites for hydroxylation is 2. The van der Waals surface area contributed by atoms with Gasteiger partial charge in [0.1, 0.15) is 0 Å². The van der Waals surface area contributed by atoms with Gasteiger partial charge in [0.25, 0.3) is 0 Å². The second-order valence-corrected chi connectivity index (χ2v) is 21.0. The largest absolute Gasteiger partial charge is 0.310 e. The Morgan fingerprint density at radius 2 is 0.688 bits per heavy atom. The van der Waals surface area contributed by atoms with E-state index in [9.17, 15) is 0 Å². The maximum absolute atomic E-state index is 2.42. The van der Waals surface area contributed by atoms with Crippen LogP contribution in [0.4, 0.5) is 34.1 Å². The zero-order chi connectivity index (χ0) is 52.0. The molecule has 0 spiro atoms. The summed E-state index contributed by atoms with van der Waals surface area (Å²) in [6, 6.07) is 102. The van der Waals surface area contributed by atoms with Gasteiger partial charge < -0.3 is 9.80 Å². The van der Waals surface area contributed by atoms with Gasteiger partial charge in [-0.3, -0.25) is 0 Å². The molecule has 2 nitrogen and oxygen atoms in total. The molecule has 0 aromatic heterocycles. The molecule has 0 atom stereocenters. The minimum absolute atomic E-state index is 0.121. The van der Waals surface area contributed by atoms with Gasteiger partial charge >= 0.3 is 0 Å². The summed E-state index contributed by atoms with van der Waals surface area (Å²) >= 11 is 0. The average molecular weight is 987 g/mol. The molecule has 0 amide bonds. The molecular weight excluding hydrogens is 929 g/mol. The standard InChI is InChI=1S/C75H58N2/c1-51-22-17-20-34-64(51)70-46-57-28-18-19-29-58(57)47-73(70)77(60-32-15-8-16-33-60)62-42-38-56(39-43-62)69-50-66(53-24-9-5-10-25-53)68(49-67(69)54-26-11-6-12-27-54)55-36-40-61(41-37-55)76(59-30-13-7-14-31-59)63-44-45-65-72(48-63)75(3,4)71-35-21-23-52(2)74(65)71/h5-50H,1-4H3. The summed E-state index contributed by atoms with van der Waals surface area (Å²) in [6.07, 6.45) is 0. The average Bonchev–Trinajstić information content (AvgIpc) is 3.74. The molecule has 13 rings (SSSR count). The topological polar surface area (TPSA) is 6.48 Å². The molecule has 0 saturated carbocycles. The molecule has 12 aromatic carbocycles. The van der Waals surface area contributed by atoms with Crippen LogP contribution in [-0.2, 0) is 5.41 Å². The van der Waals surface area contributed by atoms with Crippen molar-refractivity contribution in [1.29, 1.82) is 0 Å². The van der Waals surface area contributed by atoms with Crippen LogP contribution in [0.1, 0.15) is 36.1 Å². The van der Waals surface area contributed by atoms with E-state index in [0.29, 0.717) is 0 Å². The predicted octanol–water partition coefficient (Wildman–Crippen LogP) is 21.0. The number of hydrogen-bond acceptors (Lipinski definition) is 2. The van der Waals surface area contributed by atoms with Gasteiger partial charge in [0.05, 0.1) is 5.69 Å². The fraction of sp³-hybridized carbons (Fsp3) is 0.0667. The van der Waals surface area contributed by atoms with Crippen molar-refractivity contribution in [2.45, 2.75) is 33.1 Å². The van der Waals surface area contributed by atoms with Crippen LogP contribution < -0.4 is 9.80 Å². The van der Waals surface area contributed by atoms with Gasteiger partial charge in [-0.25, -0.2) is 0 Å². The third kappa shape index (κ3) is 8.59. The molecule has 0 N–H and O–H groups in total. The second-order valence-electron chi connectivity index (χ2n) is 21.0. The molecule has 12 aromatic rings. The van der Waals surface area contributed by atoms with E-state index in [-0.39, 0.29) is 5.41 Å². The normalized spacial score (nSPS) is 12.3. The molecule has 368 valence electrons. The van der Waals surface area contributed by atoms with E-state index in [2.05, 4.69) is 317 Å². The highest BCUT2D eigenvalue weighted by molar-refractivity contribution is 6.00. The number of hydrogen-bond donors (Lipinski definition) is 0. The fourth-order valence-corrected chi connectivity index (χ4v) is 12.0. The van der Waals surface area contributed by atoms with Crippen LogP contribution in [0.25, 0.3) is 77.5 Å². The van der Waals surface area contributed by atoms with Crippen LogP contribution in [0.15, 0.2) is 279 Å². The lowest BCUT2D eigenvalue weighted by molar-refractivity contribution is 0.660. The smallest absolute Gasteiger partial charge is 0.0546 e. The Morgan fingerprint density at radius 1 is 0.260 bits per heavy atom. The van der Waals surface area contributed by atoms with Crippen molar-refractivity contribution < 1.29 is 0 Å². The molecule has 0 unspecified atom stereocenters. The summed E-state index contributed by atoms with van der Waals surface area (Å²) in [6.45, 7) is 9.18. The zero-order valence-corrected chi connectivity index (χ0v) is 44.0.